The normalized spacial score (nSPS) is 16.3. The van der Waals surface area contributed by atoms with E-state index in [1.165, 1.54) is 0 Å². The summed E-state index contributed by atoms with van der Waals surface area (Å²) < 4.78 is 1.75. The van der Waals surface area contributed by atoms with Crippen molar-refractivity contribution in [2.45, 2.75) is 25.8 Å². The van der Waals surface area contributed by atoms with Gasteiger partial charge in [0.15, 0.2) is 5.69 Å². The number of hydrogen-bond acceptors (Lipinski definition) is 4. The van der Waals surface area contributed by atoms with Gasteiger partial charge in [0.05, 0.1) is 6.54 Å². The van der Waals surface area contributed by atoms with Crippen LogP contribution in [0.5, 0.6) is 0 Å². The van der Waals surface area contributed by atoms with E-state index in [4.69, 9.17) is 11.6 Å². The molecule has 2 aliphatic rings. The topological polar surface area (TPSA) is 87.5 Å². The highest BCUT2D eigenvalue weighted by Gasteiger charge is 2.34. The molecule has 2 aromatic rings. The zero-order valence-electron chi connectivity index (χ0n) is 18.7. The fraction of sp³-hybridized carbons (Fsp3) is 0.417. The molecule has 1 saturated heterocycles. The molecule has 33 heavy (non-hydrogen) atoms. The molecular formula is C24H28ClN5O3. The number of hydrogen-bond donors (Lipinski definition) is 1. The number of amides is 3. The highest BCUT2D eigenvalue weighted by atomic mass is 35.5. The summed E-state index contributed by atoms with van der Waals surface area (Å²) in [5, 5.41) is 7.86. The molecular weight excluding hydrogens is 442 g/mol. The van der Waals surface area contributed by atoms with Gasteiger partial charge in [-0.25, -0.2) is 0 Å². The number of rotatable bonds is 5. The number of halogens is 1. The van der Waals surface area contributed by atoms with E-state index >= 15 is 0 Å². The predicted octanol–water partition coefficient (Wildman–Crippen LogP) is 2.43. The standard InChI is InChI=1S/C24H28ClN5O3/c1-3-10-26-22(31)16-7-11-29(12-8-16)24(33)21-19-15-30(13-9-20(19)28(2)27-21)23(32)17-5-4-6-18(25)14-17/h3-6,14,16H,1,7-13,15H2,2H3,(H,26,31). The van der Waals surface area contributed by atoms with Crippen LogP contribution in [0.3, 0.4) is 0 Å². The Hall–Kier alpha value is -3.13. The molecule has 3 heterocycles. The minimum atomic E-state index is -0.145. The quantitative estimate of drug-likeness (QED) is 0.681. The highest BCUT2D eigenvalue weighted by Crippen LogP contribution is 2.26. The van der Waals surface area contributed by atoms with Crippen molar-refractivity contribution in [3.63, 3.8) is 0 Å². The number of benzene rings is 1. The molecule has 0 spiro atoms. The summed E-state index contributed by atoms with van der Waals surface area (Å²) in [4.78, 5) is 42.1. The molecule has 1 aromatic carbocycles. The van der Waals surface area contributed by atoms with Gasteiger partial charge in [-0.2, -0.15) is 5.10 Å². The fourth-order valence-electron chi connectivity index (χ4n) is 4.55. The van der Waals surface area contributed by atoms with Gasteiger partial charge in [0.1, 0.15) is 0 Å². The first-order valence-corrected chi connectivity index (χ1v) is 11.5. The van der Waals surface area contributed by atoms with E-state index < -0.39 is 0 Å². The summed E-state index contributed by atoms with van der Waals surface area (Å²) in [5.74, 6) is -0.351. The average Bonchev–Trinajstić information content (AvgIpc) is 3.17. The molecule has 0 radical (unpaired) electrons. The molecule has 1 aromatic heterocycles. The number of nitrogens with one attached hydrogen (secondary N) is 1. The van der Waals surface area contributed by atoms with Crippen LogP contribution >= 0.6 is 11.6 Å². The SMILES string of the molecule is C=CCNC(=O)C1CCN(C(=O)c2nn(C)c3c2CN(C(=O)c2cccc(Cl)c2)CC3)CC1. The van der Waals surface area contributed by atoms with Crippen molar-refractivity contribution in [1.29, 1.82) is 0 Å². The second kappa shape index (κ2) is 9.79. The lowest BCUT2D eigenvalue weighted by Gasteiger charge is -2.32. The van der Waals surface area contributed by atoms with E-state index in [9.17, 15) is 14.4 Å². The molecule has 1 fully saturated rings. The Balaban J connectivity index is 1.46. The largest absolute Gasteiger partial charge is 0.352 e. The molecule has 0 saturated carbocycles. The van der Waals surface area contributed by atoms with Gasteiger partial charge < -0.3 is 15.1 Å². The minimum Gasteiger partial charge on any atom is -0.352 e. The summed E-state index contributed by atoms with van der Waals surface area (Å²) >= 11 is 6.06. The van der Waals surface area contributed by atoms with Gasteiger partial charge in [-0.1, -0.05) is 23.7 Å². The van der Waals surface area contributed by atoms with Crippen molar-refractivity contribution in [3.8, 4) is 0 Å². The lowest BCUT2D eigenvalue weighted by atomic mass is 9.95. The maximum Gasteiger partial charge on any atom is 0.274 e. The monoisotopic (exact) mass is 469 g/mol. The van der Waals surface area contributed by atoms with Crippen LogP contribution in [-0.2, 0) is 24.8 Å². The molecule has 0 bridgehead atoms. The fourth-order valence-corrected chi connectivity index (χ4v) is 4.74. The highest BCUT2D eigenvalue weighted by molar-refractivity contribution is 6.30. The van der Waals surface area contributed by atoms with Crippen LogP contribution in [-0.4, -0.2) is 63.5 Å². The first kappa shape index (κ1) is 23.0. The maximum absolute atomic E-state index is 13.3. The molecule has 4 rings (SSSR count). The summed E-state index contributed by atoms with van der Waals surface area (Å²) in [6.07, 6.45) is 3.51. The number of likely N-dealkylation sites (tertiary alicyclic amines) is 1. The summed E-state index contributed by atoms with van der Waals surface area (Å²) in [5.41, 5.74) is 2.70. The minimum absolute atomic E-state index is 0.00684. The number of nitrogens with zero attached hydrogens (tertiary/aromatic N) is 4. The molecule has 0 atom stereocenters. The lowest BCUT2D eigenvalue weighted by Crippen LogP contribution is -2.43. The van der Waals surface area contributed by atoms with Crippen LogP contribution in [0.25, 0.3) is 0 Å². The summed E-state index contributed by atoms with van der Waals surface area (Å²) in [7, 11) is 1.83. The smallest absolute Gasteiger partial charge is 0.274 e. The van der Waals surface area contributed by atoms with Crippen molar-refractivity contribution in [1.82, 2.24) is 24.9 Å². The number of carbonyl (C=O) groups excluding carboxylic acids is 3. The summed E-state index contributed by atoms with van der Waals surface area (Å²) in [6, 6.07) is 6.89. The van der Waals surface area contributed by atoms with Crippen LogP contribution in [0.15, 0.2) is 36.9 Å². The van der Waals surface area contributed by atoms with Gasteiger partial charge in [0, 0.05) is 67.4 Å². The Morgan fingerprint density at radius 1 is 1.18 bits per heavy atom. The van der Waals surface area contributed by atoms with Crippen molar-refractivity contribution < 1.29 is 14.4 Å². The van der Waals surface area contributed by atoms with E-state index in [0.717, 1.165) is 11.3 Å². The lowest BCUT2D eigenvalue weighted by molar-refractivity contribution is -0.126. The molecule has 0 aliphatic carbocycles. The number of fused-ring (bicyclic) bond motifs is 1. The predicted molar refractivity (Wildman–Crippen MR) is 125 cm³/mol. The van der Waals surface area contributed by atoms with Gasteiger partial charge in [-0.15, -0.1) is 6.58 Å². The van der Waals surface area contributed by atoms with E-state index in [-0.39, 0.29) is 23.6 Å². The zero-order valence-corrected chi connectivity index (χ0v) is 19.5. The third-order valence-electron chi connectivity index (χ3n) is 6.38. The van der Waals surface area contributed by atoms with Crippen LogP contribution in [0.2, 0.25) is 5.02 Å². The van der Waals surface area contributed by atoms with Gasteiger partial charge in [-0.05, 0) is 31.0 Å². The van der Waals surface area contributed by atoms with E-state index in [0.29, 0.717) is 68.3 Å². The second-order valence-corrected chi connectivity index (χ2v) is 8.92. The molecule has 1 N–H and O–H groups in total. The number of aromatic nitrogens is 2. The zero-order chi connectivity index (χ0) is 23.5. The Kier molecular flexibility index (Phi) is 6.83. The van der Waals surface area contributed by atoms with Crippen LogP contribution in [0, 0.1) is 5.92 Å². The van der Waals surface area contributed by atoms with Crippen molar-refractivity contribution in [2.75, 3.05) is 26.2 Å². The van der Waals surface area contributed by atoms with E-state index in [2.05, 4.69) is 17.0 Å². The van der Waals surface area contributed by atoms with Crippen molar-refractivity contribution in [3.05, 3.63) is 64.5 Å². The third kappa shape index (κ3) is 4.80. The van der Waals surface area contributed by atoms with E-state index in [1.54, 1.807) is 44.8 Å². The molecule has 9 heteroatoms. The second-order valence-electron chi connectivity index (χ2n) is 8.48. The van der Waals surface area contributed by atoms with Gasteiger partial charge in [0.25, 0.3) is 11.8 Å². The first-order chi connectivity index (χ1) is 15.9. The Labute approximate surface area is 198 Å². The number of carbonyl (C=O) groups is 3. The Bertz CT molecular complexity index is 1090. The summed E-state index contributed by atoms with van der Waals surface area (Å²) in [6.45, 7) is 5.95. The molecule has 8 nitrogen and oxygen atoms in total. The molecule has 3 amide bonds. The third-order valence-corrected chi connectivity index (χ3v) is 6.61. The van der Waals surface area contributed by atoms with E-state index in [1.807, 2.05) is 7.05 Å². The molecule has 0 unspecified atom stereocenters. The Morgan fingerprint density at radius 2 is 1.94 bits per heavy atom. The van der Waals surface area contributed by atoms with Gasteiger partial charge >= 0.3 is 0 Å². The van der Waals surface area contributed by atoms with Crippen molar-refractivity contribution in [2.24, 2.45) is 13.0 Å². The average molecular weight is 470 g/mol. The molecule has 2 aliphatic heterocycles. The van der Waals surface area contributed by atoms with Crippen LogP contribution in [0.1, 0.15) is 44.9 Å². The van der Waals surface area contributed by atoms with Gasteiger partial charge in [-0.3, -0.25) is 19.1 Å². The van der Waals surface area contributed by atoms with Crippen LogP contribution in [0.4, 0.5) is 0 Å². The van der Waals surface area contributed by atoms with Crippen molar-refractivity contribution >= 4 is 29.3 Å². The number of aryl methyl sites for hydroxylation is 1. The molecule has 174 valence electrons. The number of piperidine rings is 1. The Morgan fingerprint density at radius 3 is 2.64 bits per heavy atom. The van der Waals surface area contributed by atoms with Gasteiger partial charge in [0.2, 0.25) is 5.91 Å². The van der Waals surface area contributed by atoms with Crippen LogP contribution < -0.4 is 5.32 Å². The maximum atomic E-state index is 13.3. The first-order valence-electron chi connectivity index (χ1n) is 11.2.